The number of amides is 1. The Labute approximate surface area is 184 Å². The molecule has 9 heteroatoms. The first-order valence-corrected chi connectivity index (χ1v) is 11.9. The fourth-order valence-electron chi connectivity index (χ4n) is 3.05. The second-order valence-electron chi connectivity index (χ2n) is 7.03. The standard InChI is InChI=1S/C20H22BrN3O3S2/c1-14-9-11-24(12-10-14)29(26,27)18-7-5-17(6-8-18)22-20(28)23-19(25)15-3-2-4-16(21)13-15/h2-8,13-14H,9-12H2,1H3,(H2,22,23,25,28). The smallest absolute Gasteiger partial charge is 0.257 e. The van der Waals surface area contributed by atoms with Crippen LogP contribution in [-0.4, -0.2) is 36.8 Å². The van der Waals surface area contributed by atoms with Crippen molar-refractivity contribution in [1.82, 2.24) is 9.62 Å². The number of nitrogens with zero attached hydrogens (tertiary/aromatic N) is 1. The van der Waals surface area contributed by atoms with Crippen LogP contribution < -0.4 is 10.6 Å². The summed E-state index contributed by atoms with van der Waals surface area (Å²) in [5, 5.41) is 5.64. The van der Waals surface area contributed by atoms with Crippen molar-refractivity contribution in [3.8, 4) is 0 Å². The van der Waals surface area contributed by atoms with Crippen molar-refractivity contribution in [2.75, 3.05) is 18.4 Å². The Morgan fingerprint density at radius 1 is 1.14 bits per heavy atom. The SMILES string of the molecule is CC1CCN(S(=O)(=O)c2ccc(NC(=S)NC(=O)c3cccc(Br)c3)cc2)CC1. The number of benzene rings is 2. The van der Waals surface area contributed by atoms with Gasteiger partial charge in [0.15, 0.2) is 5.11 Å². The lowest BCUT2D eigenvalue weighted by molar-refractivity contribution is 0.0977. The van der Waals surface area contributed by atoms with Crippen LogP contribution in [0.5, 0.6) is 0 Å². The van der Waals surface area contributed by atoms with E-state index in [0.717, 1.165) is 17.3 Å². The summed E-state index contributed by atoms with van der Waals surface area (Å²) in [4.78, 5) is 12.5. The van der Waals surface area contributed by atoms with Crippen molar-refractivity contribution < 1.29 is 13.2 Å². The number of nitrogens with one attached hydrogen (secondary N) is 2. The largest absolute Gasteiger partial charge is 0.332 e. The van der Waals surface area contributed by atoms with E-state index in [-0.39, 0.29) is 15.9 Å². The van der Waals surface area contributed by atoms with E-state index in [1.165, 1.54) is 4.31 Å². The fraction of sp³-hybridized carbons (Fsp3) is 0.300. The molecule has 1 fully saturated rings. The lowest BCUT2D eigenvalue weighted by atomic mass is 10.0. The maximum absolute atomic E-state index is 12.8. The maximum Gasteiger partial charge on any atom is 0.257 e. The Morgan fingerprint density at radius 3 is 2.41 bits per heavy atom. The van der Waals surface area contributed by atoms with E-state index in [2.05, 4.69) is 33.5 Å². The Balaban J connectivity index is 1.61. The van der Waals surface area contributed by atoms with Gasteiger partial charge in [-0.15, -0.1) is 0 Å². The lowest BCUT2D eigenvalue weighted by Crippen LogP contribution is -2.37. The molecule has 1 amide bonds. The topological polar surface area (TPSA) is 78.5 Å². The highest BCUT2D eigenvalue weighted by atomic mass is 79.9. The Bertz CT molecular complexity index is 1000. The Kier molecular flexibility index (Phi) is 7.05. The van der Waals surface area contributed by atoms with Crippen LogP contribution in [0.2, 0.25) is 0 Å². The van der Waals surface area contributed by atoms with Crippen LogP contribution in [0.4, 0.5) is 5.69 Å². The highest BCUT2D eigenvalue weighted by Gasteiger charge is 2.27. The number of piperidine rings is 1. The summed E-state index contributed by atoms with van der Waals surface area (Å²) in [5.41, 5.74) is 1.07. The normalized spacial score (nSPS) is 15.7. The third-order valence-electron chi connectivity index (χ3n) is 4.81. The second kappa shape index (κ2) is 9.34. The van der Waals surface area contributed by atoms with Gasteiger partial charge in [0.2, 0.25) is 10.0 Å². The van der Waals surface area contributed by atoms with Crippen molar-refractivity contribution in [3.05, 3.63) is 58.6 Å². The molecule has 2 N–H and O–H groups in total. The molecule has 29 heavy (non-hydrogen) atoms. The number of carbonyl (C=O) groups is 1. The summed E-state index contributed by atoms with van der Waals surface area (Å²) in [6, 6.07) is 13.3. The van der Waals surface area contributed by atoms with Crippen LogP contribution in [0, 0.1) is 5.92 Å². The van der Waals surface area contributed by atoms with Gasteiger partial charge in [-0.05, 0) is 73.4 Å². The second-order valence-corrected chi connectivity index (χ2v) is 10.3. The molecule has 6 nitrogen and oxygen atoms in total. The summed E-state index contributed by atoms with van der Waals surface area (Å²) in [6.45, 7) is 3.24. The van der Waals surface area contributed by atoms with Gasteiger partial charge in [-0.1, -0.05) is 28.9 Å². The summed E-state index contributed by atoms with van der Waals surface area (Å²) < 4.78 is 27.9. The minimum Gasteiger partial charge on any atom is -0.332 e. The zero-order valence-electron chi connectivity index (χ0n) is 15.9. The minimum atomic E-state index is -3.49. The van der Waals surface area contributed by atoms with Crippen LogP contribution in [-0.2, 0) is 10.0 Å². The molecule has 1 saturated heterocycles. The molecule has 0 aromatic heterocycles. The predicted octanol–water partition coefficient (Wildman–Crippen LogP) is 4.00. The molecular weight excluding hydrogens is 474 g/mol. The van der Waals surface area contributed by atoms with Gasteiger partial charge in [0.1, 0.15) is 0 Å². The lowest BCUT2D eigenvalue weighted by Gasteiger charge is -2.29. The molecule has 0 unspecified atom stereocenters. The van der Waals surface area contributed by atoms with E-state index in [0.29, 0.717) is 30.3 Å². The minimum absolute atomic E-state index is 0.135. The zero-order valence-corrected chi connectivity index (χ0v) is 19.1. The van der Waals surface area contributed by atoms with Gasteiger partial charge in [0.05, 0.1) is 4.90 Å². The van der Waals surface area contributed by atoms with Crippen LogP contribution in [0.1, 0.15) is 30.1 Å². The molecule has 0 radical (unpaired) electrons. The van der Waals surface area contributed by atoms with Crippen LogP contribution in [0.25, 0.3) is 0 Å². The summed E-state index contributed by atoms with van der Waals surface area (Å²) >= 11 is 8.51. The number of sulfonamides is 1. The van der Waals surface area contributed by atoms with Gasteiger partial charge >= 0.3 is 0 Å². The number of anilines is 1. The van der Waals surface area contributed by atoms with E-state index in [4.69, 9.17) is 12.2 Å². The molecule has 0 spiro atoms. The van der Waals surface area contributed by atoms with Crippen LogP contribution >= 0.6 is 28.1 Å². The van der Waals surface area contributed by atoms with Gasteiger partial charge in [0, 0.05) is 28.8 Å². The summed E-state index contributed by atoms with van der Waals surface area (Å²) in [6.07, 6.45) is 1.76. The third-order valence-corrected chi connectivity index (χ3v) is 7.42. The molecule has 0 aliphatic carbocycles. The molecule has 3 rings (SSSR count). The third kappa shape index (κ3) is 5.63. The van der Waals surface area contributed by atoms with E-state index < -0.39 is 10.0 Å². The van der Waals surface area contributed by atoms with Crippen LogP contribution in [0.15, 0.2) is 57.9 Å². The molecule has 1 heterocycles. The summed E-state index contributed by atoms with van der Waals surface area (Å²) in [5.74, 6) is 0.226. The number of halogens is 1. The average Bonchev–Trinajstić information content (AvgIpc) is 2.68. The molecule has 154 valence electrons. The molecular formula is C20H22BrN3O3S2. The van der Waals surface area contributed by atoms with Gasteiger partial charge < -0.3 is 5.32 Å². The fourth-order valence-corrected chi connectivity index (χ4v) is 5.13. The molecule has 0 atom stereocenters. The monoisotopic (exact) mass is 495 g/mol. The predicted molar refractivity (Wildman–Crippen MR) is 121 cm³/mol. The first-order chi connectivity index (χ1) is 13.8. The number of hydrogen-bond donors (Lipinski definition) is 2. The highest BCUT2D eigenvalue weighted by molar-refractivity contribution is 9.10. The van der Waals surface area contributed by atoms with Crippen molar-refractivity contribution in [2.45, 2.75) is 24.7 Å². The van der Waals surface area contributed by atoms with Gasteiger partial charge in [-0.3, -0.25) is 10.1 Å². The molecule has 2 aromatic rings. The molecule has 0 saturated carbocycles. The van der Waals surface area contributed by atoms with Gasteiger partial charge in [-0.25, -0.2) is 8.42 Å². The summed E-state index contributed by atoms with van der Waals surface area (Å²) in [7, 11) is -3.49. The Morgan fingerprint density at radius 2 is 1.79 bits per heavy atom. The van der Waals surface area contributed by atoms with Gasteiger partial charge in [-0.2, -0.15) is 4.31 Å². The van der Waals surface area contributed by atoms with Crippen molar-refractivity contribution in [2.24, 2.45) is 5.92 Å². The number of hydrogen-bond acceptors (Lipinski definition) is 4. The van der Waals surface area contributed by atoms with Crippen LogP contribution in [0.3, 0.4) is 0 Å². The molecule has 1 aliphatic heterocycles. The zero-order chi connectivity index (χ0) is 21.0. The van der Waals surface area contributed by atoms with Gasteiger partial charge in [0.25, 0.3) is 5.91 Å². The van der Waals surface area contributed by atoms with Crippen molar-refractivity contribution in [3.63, 3.8) is 0 Å². The number of rotatable bonds is 4. The van der Waals surface area contributed by atoms with E-state index in [1.54, 1.807) is 42.5 Å². The quantitative estimate of drug-likeness (QED) is 0.626. The first-order valence-electron chi connectivity index (χ1n) is 9.24. The number of thiocarbonyl (C=S) groups is 1. The molecule has 1 aliphatic rings. The Hall–Kier alpha value is -1.81. The maximum atomic E-state index is 12.8. The van der Waals surface area contributed by atoms with E-state index in [9.17, 15) is 13.2 Å². The average molecular weight is 496 g/mol. The molecule has 2 aromatic carbocycles. The highest BCUT2D eigenvalue weighted by Crippen LogP contribution is 2.24. The van der Waals surface area contributed by atoms with Crippen molar-refractivity contribution in [1.29, 1.82) is 0 Å². The van der Waals surface area contributed by atoms with E-state index in [1.807, 2.05) is 6.07 Å². The number of carbonyl (C=O) groups excluding carboxylic acids is 1. The van der Waals surface area contributed by atoms with Crippen molar-refractivity contribution >= 4 is 54.9 Å². The first kappa shape index (κ1) is 21.9. The molecule has 0 bridgehead atoms. The van der Waals surface area contributed by atoms with E-state index >= 15 is 0 Å².